The van der Waals surface area contributed by atoms with Crippen molar-refractivity contribution in [2.45, 2.75) is 19.1 Å². The summed E-state index contributed by atoms with van der Waals surface area (Å²) in [5, 5.41) is 2.42. The average Bonchev–Trinajstić information content (AvgIpc) is 2.53. The SMILES string of the molecule is COc1ccc(CC(=O)NCc2ccc(F)cc2C(F)(F)F)cc1. The van der Waals surface area contributed by atoms with Crippen LogP contribution in [0.2, 0.25) is 0 Å². The highest BCUT2D eigenvalue weighted by atomic mass is 19.4. The van der Waals surface area contributed by atoms with Gasteiger partial charge in [-0.05, 0) is 35.4 Å². The number of amides is 1. The molecule has 0 spiro atoms. The number of rotatable bonds is 5. The summed E-state index contributed by atoms with van der Waals surface area (Å²) >= 11 is 0. The number of methoxy groups -OCH3 is 1. The molecule has 0 fully saturated rings. The van der Waals surface area contributed by atoms with Crippen molar-refractivity contribution in [2.24, 2.45) is 0 Å². The Morgan fingerprint density at radius 2 is 1.79 bits per heavy atom. The second-order valence-corrected chi connectivity index (χ2v) is 5.10. The number of halogens is 4. The molecule has 2 aromatic rings. The minimum atomic E-state index is -4.68. The van der Waals surface area contributed by atoms with Crippen molar-refractivity contribution in [3.8, 4) is 5.75 Å². The Morgan fingerprint density at radius 1 is 1.12 bits per heavy atom. The van der Waals surface area contributed by atoms with Crippen LogP contribution < -0.4 is 10.1 Å². The number of nitrogens with one attached hydrogen (secondary N) is 1. The zero-order chi connectivity index (χ0) is 17.7. The van der Waals surface area contributed by atoms with Crippen LogP contribution in [-0.4, -0.2) is 13.0 Å². The van der Waals surface area contributed by atoms with Crippen LogP contribution in [0.1, 0.15) is 16.7 Å². The first-order chi connectivity index (χ1) is 11.3. The highest BCUT2D eigenvalue weighted by molar-refractivity contribution is 5.78. The Labute approximate surface area is 136 Å². The van der Waals surface area contributed by atoms with E-state index in [-0.39, 0.29) is 18.5 Å². The van der Waals surface area contributed by atoms with Gasteiger partial charge in [0.2, 0.25) is 5.91 Å². The molecule has 24 heavy (non-hydrogen) atoms. The number of hydrogen-bond acceptors (Lipinski definition) is 2. The number of carbonyl (C=O) groups is 1. The van der Waals surface area contributed by atoms with Crippen LogP contribution >= 0.6 is 0 Å². The minimum Gasteiger partial charge on any atom is -0.497 e. The van der Waals surface area contributed by atoms with Crippen LogP contribution in [-0.2, 0) is 23.9 Å². The van der Waals surface area contributed by atoms with Gasteiger partial charge in [0.15, 0.2) is 0 Å². The van der Waals surface area contributed by atoms with Gasteiger partial charge in [-0.2, -0.15) is 13.2 Å². The van der Waals surface area contributed by atoms with E-state index in [0.717, 1.165) is 12.1 Å². The molecule has 0 saturated carbocycles. The lowest BCUT2D eigenvalue weighted by molar-refractivity contribution is -0.138. The van der Waals surface area contributed by atoms with Crippen LogP contribution in [0.25, 0.3) is 0 Å². The van der Waals surface area contributed by atoms with Gasteiger partial charge in [0.25, 0.3) is 0 Å². The summed E-state index contributed by atoms with van der Waals surface area (Å²) in [5.74, 6) is -0.770. The van der Waals surface area contributed by atoms with Gasteiger partial charge < -0.3 is 10.1 Å². The van der Waals surface area contributed by atoms with Crippen LogP contribution in [0.15, 0.2) is 42.5 Å². The Kier molecular flexibility index (Phi) is 5.43. The molecule has 2 rings (SSSR count). The first-order valence-corrected chi connectivity index (χ1v) is 7.05. The number of benzene rings is 2. The number of carbonyl (C=O) groups excluding carboxylic acids is 1. The third-order valence-electron chi connectivity index (χ3n) is 3.38. The molecule has 0 aromatic heterocycles. The van der Waals surface area contributed by atoms with Gasteiger partial charge in [0, 0.05) is 6.54 Å². The second kappa shape index (κ2) is 7.33. The van der Waals surface area contributed by atoms with E-state index < -0.39 is 23.5 Å². The summed E-state index contributed by atoms with van der Waals surface area (Å²) in [4.78, 5) is 11.9. The van der Waals surface area contributed by atoms with E-state index in [9.17, 15) is 22.4 Å². The van der Waals surface area contributed by atoms with E-state index in [1.807, 2.05) is 0 Å². The van der Waals surface area contributed by atoms with E-state index in [2.05, 4.69) is 5.32 Å². The summed E-state index contributed by atoms with van der Waals surface area (Å²) < 4.78 is 56.7. The molecule has 1 amide bonds. The third-order valence-corrected chi connectivity index (χ3v) is 3.38. The summed E-state index contributed by atoms with van der Waals surface area (Å²) in [6.07, 6.45) is -4.66. The summed E-state index contributed by atoms with van der Waals surface area (Å²) in [5.41, 5.74) is -0.581. The normalized spacial score (nSPS) is 11.2. The zero-order valence-corrected chi connectivity index (χ0v) is 12.8. The molecular weight excluding hydrogens is 326 g/mol. The fraction of sp³-hybridized carbons (Fsp3) is 0.235. The second-order valence-electron chi connectivity index (χ2n) is 5.10. The maximum Gasteiger partial charge on any atom is 0.416 e. The molecule has 0 saturated heterocycles. The molecule has 2 aromatic carbocycles. The Balaban J connectivity index is 2.01. The van der Waals surface area contributed by atoms with Gasteiger partial charge in [-0.3, -0.25) is 4.79 Å². The molecule has 0 radical (unpaired) electrons. The molecular formula is C17H15F4NO2. The fourth-order valence-electron chi connectivity index (χ4n) is 2.15. The molecule has 0 aliphatic heterocycles. The number of alkyl halides is 3. The molecule has 0 aliphatic carbocycles. The van der Waals surface area contributed by atoms with Gasteiger partial charge in [-0.1, -0.05) is 18.2 Å². The first-order valence-electron chi connectivity index (χ1n) is 7.05. The van der Waals surface area contributed by atoms with Gasteiger partial charge in [-0.25, -0.2) is 4.39 Å². The summed E-state index contributed by atoms with van der Waals surface area (Å²) in [7, 11) is 1.52. The smallest absolute Gasteiger partial charge is 0.416 e. The van der Waals surface area contributed by atoms with Gasteiger partial charge in [0.05, 0.1) is 19.1 Å². The van der Waals surface area contributed by atoms with E-state index in [1.165, 1.54) is 7.11 Å². The lowest BCUT2D eigenvalue weighted by Crippen LogP contribution is -2.26. The van der Waals surface area contributed by atoms with Crippen molar-refractivity contribution < 1.29 is 27.1 Å². The Hall–Kier alpha value is -2.57. The molecule has 128 valence electrons. The number of hydrogen-bond donors (Lipinski definition) is 1. The van der Waals surface area contributed by atoms with Gasteiger partial charge >= 0.3 is 6.18 Å². The zero-order valence-electron chi connectivity index (χ0n) is 12.8. The molecule has 7 heteroatoms. The lowest BCUT2D eigenvalue weighted by Gasteiger charge is -2.13. The summed E-state index contributed by atoms with van der Waals surface area (Å²) in [6, 6.07) is 9.13. The fourth-order valence-corrected chi connectivity index (χ4v) is 2.15. The molecule has 0 heterocycles. The maximum atomic E-state index is 13.0. The van der Waals surface area contributed by atoms with Crippen molar-refractivity contribution in [3.05, 3.63) is 65.0 Å². The summed E-state index contributed by atoms with van der Waals surface area (Å²) in [6.45, 7) is -0.329. The first kappa shape index (κ1) is 17.8. The van der Waals surface area contributed by atoms with E-state index in [4.69, 9.17) is 4.74 Å². The molecule has 3 nitrogen and oxygen atoms in total. The monoisotopic (exact) mass is 341 g/mol. The van der Waals surface area contributed by atoms with Crippen molar-refractivity contribution >= 4 is 5.91 Å². The highest BCUT2D eigenvalue weighted by Gasteiger charge is 2.33. The van der Waals surface area contributed by atoms with E-state index in [0.29, 0.717) is 17.4 Å². The van der Waals surface area contributed by atoms with Gasteiger partial charge in [-0.15, -0.1) is 0 Å². The largest absolute Gasteiger partial charge is 0.497 e. The van der Waals surface area contributed by atoms with Gasteiger partial charge in [0.1, 0.15) is 11.6 Å². The van der Waals surface area contributed by atoms with E-state index in [1.54, 1.807) is 24.3 Å². The van der Waals surface area contributed by atoms with Crippen molar-refractivity contribution in [1.82, 2.24) is 5.32 Å². The quantitative estimate of drug-likeness (QED) is 0.842. The minimum absolute atomic E-state index is 0.0204. The highest BCUT2D eigenvalue weighted by Crippen LogP contribution is 2.32. The van der Waals surface area contributed by atoms with E-state index >= 15 is 0 Å². The predicted octanol–water partition coefficient (Wildman–Crippen LogP) is 3.71. The number of ether oxygens (including phenoxy) is 1. The molecule has 0 bridgehead atoms. The molecule has 1 N–H and O–H groups in total. The van der Waals surface area contributed by atoms with Crippen LogP contribution in [0, 0.1) is 5.82 Å². The topological polar surface area (TPSA) is 38.3 Å². The van der Waals surface area contributed by atoms with Crippen LogP contribution in [0.4, 0.5) is 17.6 Å². The molecule has 0 aliphatic rings. The Morgan fingerprint density at radius 3 is 2.38 bits per heavy atom. The van der Waals surface area contributed by atoms with Crippen molar-refractivity contribution in [2.75, 3.05) is 7.11 Å². The lowest BCUT2D eigenvalue weighted by atomic mass is 10.1. The third kappa shape index (κ3) is 4.71. The van der Waals surface area contributed by atoms with Crippen molar-refractivity contribution in [3.63, 3.8) is 0 Å². The standard InChI is InChI=1S/C17H15F4NO2/c1-24-14-6-2-11(3-7-14)8-16(23)22-10-12-4-5-13(18)9-15(12)17(19,20)21/h2-7,9H,8,10H2,1H3,(H,22,23). The van der Waals surface area contributed by atoms with Crippen LogP contribution in [0.3, 0.4) is 0 Å². The molecule has 0 unspecified atom stereocenters. The predicted molar refractivity (Wildman–Crippen MR) is 79.9 cm³/mol. The Bertz CT molecular complexity index is 712. The maximum absolute atomic E-state index is 13.0. The molecule has 0 atom stereocenters. The van der Waals surface area contributed by atoms with Crippen LogP contribution in [0.5, 0.6) is 5.75 Å². The average molecular weight is 341 g/mol. The van der Waals surface area contributed by atoms with Crippen molar-refractivity contribution in [1.29, 1.82) is 0 Å².